The molecule has 2 aromatic rings. The van der Waals surface area contributed by atoms with Crippen molar-refractivity contribution in [3.05, 3.63) is 47.3 Å². The lowest BCUT2D eigenvalue weighted by Crippen LogP contribution is -1.99. The van der Waals surface area contributed by atoms with E-state index in [2.05, 4.69) is 37.1 Å². The molecule has 0 aliphatic carbocycles. The summed E-state index contributed by atoms with van der Waals surface area (Å²) in [5, 5.41) is 4.46. The summed E-state index contributed by atoms with van der Waals surface area (Å²) in [4.78, 5) is 0. The van der Waals surface area contributed by atoms with E-state index in [0.717, 1.165) is 11.4 Å². The van der Waals surface area contributed by atoms with Crippen molar-refractivity contribution in [2.45, 2.75) is 20.5 Å². The Morgan fingerprint density at radius 2 is 2.06 bits per heavy atom. The van der Waals surface area contributed by atoms with Gasteiger partial charge in [0.05, 0.1) is 18.0 Å². The quantitative estimate of drug-likeness (QED) is 0.788. The fourth-order valence-electron chi connectivity index (χ4n) is 1.69. The van der Waals surface area contributed by atoms with Gasteiger partial charge in [0.15, 0.2) is 0 Å². The average molecular weight is 216 g/mol. The zero-order valence-electron chi connectivity index (χ0n) is 9.90. The lowest BCUT2D eigenvalue weighted by Gasteiger charge is -2.06. The van der Waals surface area contributed by atoms with Crippen molar-refractivity contribution in [1.82, 2.24) is 9.78 Å². The summed E-state index contributed by atoms with van der Waals surface area (Å²) in [6.07, 6.45) is 1.97. The maximum atomic E-state index is 5.06. The Bertz CT molecular complexity index is 488. The number of hydrogen-bond acceptors (Lipinski definition) is 2. The molecule has 0 saturated carbocycles. The highest BCUT2D eigenvalue weighted by Gasteiger charge is 2.04. The molecule has 16 heavy (non-hydrogen) atoms. The van der Waals surface area contributed by atoms with Crippen LogP contribution in [0.4, 0.5) is 0 Å². The number of rotatable bonds is 3. The average Bonchev–Trinajstić information content (AvgIpc) is 2.71. The van der Waals surface area contributed by atoms with E-state index < -0.39 is 0 Å². The van der Waals surface area contributed by atoms with Crippen molar-refractivity contribution in [2.75, 3.05) is 7.11 Å². The van der Waals surface area contributed by atoms with Crippen LogP contribution in [0.25, 0.3) is 5.69 Å². The van der Waals surface area contributed by atoms with Crippen LogP contribution in [0.15, 0.2) is 30.5 Å². The van der Waals surface area contributed by atoms with E-state index in [0.29, 0.717) is 6.61 Å². The number of benzene rings is 1. The summed E-state index contributed by atoms with van der Waals surface area (Å²) in [7, 11) is 1.68. The number of nitrogens with zero attached hydrogens (tertiary/aromatic N) is 2. The molecule has 0 bridgehead atoms. The monoisotopic (exact) mass is 216 g/mol. The van der Waals surface area contributed by atoms with Crippen LogP contribution in [-0.4, -0.2) is 16.9 Å². The molecule has 0 radical (unpaired) electrons. The summed E-state index contributed by atoms with van der Waals surface area (Å²) in [5.41, 5.74) is 4.54. The summed E-state index contributed by atoms with van der Waals surface area (Å²) in [5.74, 6) is 0. The summed E-state index contributed by atoms with van der Waals surface area (Å²) in [6.45, 7) is 4.73. The van der Waals surface area contributed by atoms with Crippen LogP contribution in [0.1, 0.15) is 16.8 Å². The number of ether oxygens (including phenoxy) is 1. The minimum atomic E-state index is 0.553. The standard InChI is InChI=1S/C13H16N2O/c1-10-4-5-11(2)13(8-10)15-7-6-12(14-15)9-16-3/h4-8H,9H2,1-3H3. The van der Waals surface area contributed by atoms with Gasteiger partial charge >= 0.3 is 0 Å². The minimum absolute atomic E-state index is 0.553. The molecule has 0 spiro atoms. The van der Waals surface area contributed by atoms with Gasteiger partial charge in [-0.25, -0.2) is 4.68 Å². The van der Waals surface area contributed by atoms with Crippen molar-refractivity contribution >= 4 is 0 Å². The number of aromatic nitrogens is 2. The second kappa shape index (κ2) is 4.49. The molecule has 84 valence electrons. The highest BCUT2D eigenvalue weighted by molar-refractivity contribution is 5.42. The molecule has 0 atom stereocenters. The highest BCUT2D eigenvalue weighted by Crippen LogP contribution is 2.15. The molecule has 2 rings (SSSR count). The third kappa shape index (κ3) is 2.14. The van der Waals surface area contributed by atoms with E-state index in [1.54, 1.807) is 7.11 Å². The number of hydrogen-bond donors (Lipinski definition) is 0. The van der Waals surface area contributed by atoms with Crippen molar-refractivity contribution in [2.24, 2.45) is 0 Å². The zero-order chi connectivity index (χ0) is 11.5. The minimum Gasteiger partial charge on any atom is -0.378 e. The van der Waals surface area contributed by atoms with Crippen LogP contribution >= 0.6 is 0 Å². The predicted molar refractivity (Wildman–Crippen MR) is 63.8 cm³/mol. The Morgan fingerprint density at radius 1 is 1.25 bits per heavy atom. The third-order valence-electron chi connectivity index (χ3n) is 2.55. The molecule has 0 aliphatic heterocycles. The van der Waals surface area contributed by atoms with Gasteiger partial charge in [0, 0.05) is 13.3 Å². The van der Waals surface area contributed by atoms with E-state index in [1.807, 2.05) is 16.9 Å². The van der Waals surface area contributed by atoms with Gasteiger partial charge in [-0.3, -0.25) is 0 Å². The summed E-state index contributed by atoms with van der Waals surface area (Å²) >= 11 is 0. The first-order valence-electron chi connectivity index (χ1n) is 5.32. The molecular weight excluding hydrogens is 200 g/mol. The smallest absolute Gasteiger partial charge is 0.0902 e. The molecule has 0 amide bonds. The van der Waals surface area contributed by atoms with Gasteiger partial charge in [0.1, 0.15) is 0 Å². The van der Waals surface area contributed by atoms with Gasteiger partial charge in [-0.1, -0.05) is 12.1 Å². The molecule has 0 saturated heterocycles. The molecule has 1 heterocycles. The zero-order valence-corrected chi connectivity index (χ0v) is 9.90. The first-order chi connectivity index (χ1) is 7.70. The normalized spacial score (nSPS) is 10.7. The van der Waals surface area contributed by atoms with Crippen molar-refractivity contribution in [3.63, 3.8) is 0 Å². The second-order valence-electron chi connectivity index (χ2n) is 3.97. The van der Waals surface area contributed by atoms with Crippen LogP contribution in [0.5, 0.6) is 0 Å². The molecule has 1 aromatic heterocycles. The van der Waals surface area contributed by atoms with Gasteiger partial charge in [-0.15, -0.1) is 0 Å². The van der Waals surface area contributed by atoms with Crippen LogP contribution in [0.3, 0.4) is 0 Å². The maximum Gasteiger partial charge on any atom is 0.0902 e. The molecule has 1 aromatic carbocycles. The van der Waals surface area contributed by atoms with Crippen molar-refractivity contribution in [1.29, 1.82) is 0 Å². The highest BCUT2D eigenvalue weighted by atomic mass is 16.5. The SMILES string of the molecule is COCc1ccn(-c2cc(C)ccc2C)n1. The Balaban J connectivity index is 2.38. The van der Waals surface area contributed by atoms with Crippen LogP contribution in [0, 0.1) is 13.8 Å². The molecule has 0 N–H and O–H groups in total. The second-order valence-corrected chi connectivity index (χ2v) is 3.97. The number of methoxy groups -OCH3 is 1. The Labute approximate surface area is 95.7 Å². The van der Waals surface area contributed by atoms with Gasteiger partial charge < -0.3 is 4.74 Å². The summed E-state index contributed by atoms with van der Waals surface area (Å²) in [6, 6.07) is 8.34. The topological polar surface area (TPSA) is 27.1 Å². The van der Waals surface area contributed by atoms with E-state index in [4.69, 9.17) is 4.74 Å². The number of aryl methyl sites for hydroxylation is 2. The Hall–Kier alpha value is -1.61. The lowest BCUT2D eigenvalue weighted by atomic mass is 10.1. The van der Waals surface area contributed by atoms with E-state index in [9.17, 15) is 0 Å². The van der Waals surface area contributed by atoms with Gasteiger partial charge in [-0.2, -0.15) is 5.10 Å². The van der Waals surface area contributed by atoms with Crippen LogP contribution in [-0.2, 0) is 11.3 Å². The first-order valence-corrected chi connectivity index (χ1v) is 5.32. The van der Waals surface area contributed by atoms with E-state index in [-0.39, 0.29) is 0 Å². The van der Waals surface area contributed by atoms with Gasteiger partial charge in [0.2, 0.25) is 0 Å². The maximum absolute atomic E-state index is 5.06. The first kappa shape index (κ1) is 10.9. The van der Waals surface area contributed by atoms with Gasteiger partial charge in [0.25, 0.3) is 0 Å². The third-order valence-corrected chi connectivity index (χ3v) is 2.55. The molecule has 0 fully saturated rings. The van der Waals surface area contributed by atoms with Crippen LogP contribution in [0.2, 0.25) is 0 Å². The Morgan fingerprint density at radius 3 is 2.81 bits per heavy atom. The molecule has 3 nitrogen and oxygen atoms in total. The fraction of sp³-hybridized carbons (Fsp3) is 0.308. The fourth-order valence-corrected chi connectivity index (χ4v) is 1.69. The summed E-state index contributed by atoms with van der Waals surface area (Å²) < 4.78 is 6.95. The predicted octanol–water partition coefficient (Wildman–Crippen LogP) is 2.64. The Kier molecular flexibility index (Phi) is 3.06. The molecule has 0 unspecified atom stereocenters. The van der Waals surface area contributed by atoms with Crippen molar-refractivity contribution in [3.8, 4) is 5.69 Å². The lowest BCUT2D eigenvalue weighted by molar-refractivity contribution is 0.181. The van der Waals surface area contributed by atoms with Crippen molar-refractivity contribution < 1.29 is 4.74 Å². The largest absolute Gasteiger partial charge is 0.378 e. The molecule has 3 heteroatoms. The van der Waals surface area contributed by atoms with E-state index >= 15 is 0 Å². The van der Waals surface area contributed by atoms with Gasteiger partial charge in [-0.05, 0) is 37.1 Å². The van der Waals surface area contributed by atoms with Crippen LogP contribution < -0.4 is 0 Å². The molecule has 0 aliphatic rings. The van der Waals surface area contributed by atoms with E-state index in [1.165, 1.54) is 11.1 Å². The molecular formula is C13H16N2O.